The Morgan fingerprint density at radius 3 is 2.53 bits per heavy atom. The molecule has 0 aromatic heterocycles. The van der Waals surface area contributed by atoms with E-state index in [4.69, 9.17) is 0 Å². The first kappa shape index (κ1) is 14.5. The number of rotatable bonds is 4. The molecular formula is C13H26N2O2. The Bertz CT molecular complexity index is 261. The van der Waals surface area contributed by atoms with Crippen molar-refractivity contribution in [1.29, 1.82) is 0 Å². The van der Waals surface area contributed by atoms with E-state index in [-0.39, 0.29) is 17.6 Å². The number of carbonyl (C=O) groups excluding carboxylic acids is 1. The minimum absolute atomic E-state index is 0.0486. The summed E-state index contributed by atoms with van der Waals surface area (Å²) in [5, 5.41) is 12.7. The van der Waals surface area contributed by atoms with Crippen LogP contribution in [0.1, 0.15) is 40.0 Å². The summed E-state index contributed by atoms with van der Waals surface area (Å²) in [7, 11) is 1.94. The van der Waals surface area contributed by atoms with E-state index in [0.29, 0.717) is 12.5 Å². The van der Waals surface area contributed by atoms with Gasteiger partial charge in [-0.15, -0.1) is 0 Å². The second-order valence-corrected chi connectivity index (χ2v) is 6.25. The number of amides is 1. The molecule has 100 valence electrons. The first-order valence-electron chi connectivity index (χ1n) is 6.45. The van der Waals surface area contributed by atoms with E-state index >= 15 is 0 Å². The van der Waals surface area contributed by atoms with Crippen LogP contribution in [0.15, 0.2) is 0 Å². The fourth-order valence-electron chi connectivity index (χ4n) is 2.40. The topological polar surface area (TPSA) is 52.6 Å². The predicted octanol–water partition coefficient (Wildman–Crippen LogP) is 0.994. The number of nitrogens with one attached hydrogen (secondary N) is 1. The molecule has 1 aliphatic carbocycles. The molecule has 0 heterocycles. The second kappa shape index (κ2) is 5.83. The average molecular weight is 242 g/mol. The van der Waals surface area contributed by atoms with Gasteiger partial charge in [-0.1, -0.05) is 6.42 Å². The highest BCUT2D eigenvalue weighted by atomic mass is 16.3. The minimum atomic E-state index is -0.178. The SMILES string of the molecule is CN(CC(=O)NC(C)(C)C)CC1CCCC1O. The maximum absolute atomic E-state index is 11.7. The zero-order chi connectivity index (χ0) is 13.1. The van der Waals surface area contributed by atoms with Crippen LogP contribution < -0.4 is 5.32 Å². The van der Waals surface area contributed by atoms with E-state index in [2.05, 4.69) is 5.32 Å². The molecule has 0 saturated heterocycles. The highest BCUT2D eigenvalue weighted by Crippen LogP contribution is 2.25. The van der Waals surface area contributed by atoms with Gasteiger partial charge in [-0.05, 0) is 46.6 Å². The van der Waals surface area contributed by atoms with Crippen LogP contribution in [-0.4, -0.2) is 47.7 Å². The molecule has 0 bridgehead atoms. The molecule has 0 radical (unpaired) electrons. The van der Waals surface area contributed by atoms with Crippen LogP contribution >= 0.6 is 0 Å². The molecule has 4 nitrogen and oxygen atoms in total. The number of hydrogen-bond donors (Lipinski definition) is 2. The fourth-order valence-corrected chi connectivity index (χ4v) is 2.40. The molecule has 2 atom stereocenters. The van der Waals surface area contributed by atoms with E-state index in [1.807, 2.05) is 32.7 Å². The number of likely N-dealkylation sites (N-methyl/N-ethyl adjacent to an activating group) is 1. The molecule has 2 N–H and O–H groups in total. The quantitative estimate of drug-likeness (QED) is 0.773. The second-order valence-electron chi connectivity index (χ2n) is 6.25. The van der Waals surface area contributed by atoms with Crippen molar-refractivity contribution in [3.8, 4) is 0 Å². The van der Waals surface area contributed by atoms with Crippen molar-refractivity contribution in [3.05, 3.63) is 0 Å². The number of aliphatic hydroxyl groups excluding tert-OH is 1. The van der Waals surface area contributed by atoms with Crippen LogP contribution in [-0.2, 0) is 4.79 Å². The third-order valence-electron chi connectivity index (χ3n) is 3.09. The Balaban J connectivity index is 2.29. The van der Waals surface area contributed by atoms with Gasteiger partial charge in [-0.25, -0.2) is 0 Å². The molecule has 1 amide bonds. The van der Waals surface area contributed by atoms with E-state index in [1.54, 1.807) is 0 Å². The lowest BCUT2D eigenvalue weighted by molar-refractivity contribution is -0.123. The summed E-state index contributed by atoms with van der Waals surface area (Å²) in [6.07, 6.45) is 2.91. The Morgan fingerprint density at radius 2 is 2.06 bits per heavy atom. The summed E-state index contributed by atoms with van der Waals surface area (Å²) < 4.78 is 0. The Kier molecular flexibility index (Phi) is 4.95. The van der Waals surface area contributed by atoms with Crippen molar-refractivity contribution in [3.63, 3.8) is 0 Å². The molecule has 17 heavy (non-hydrogen) atoms. The van der Waals surface area contributed by atoms with Gasteiger partial charge in [-0.2, -0.15) is 0 Å². The monoisotopic (exact) mass is 242 g/mol. The van der Waals surface area contributed by atoms with Crippen LogP contribution in [0.5, 0.6) is 0 Å². The highest BCUT2D eigenvalue weighted by molar-refractivity contribution is 5.78. The van der Waals surface area contributed by atoms with Crippen LogP contribution in [0.3, 0.4) is 0 Å². The van der Waals surface area contributed by atoms with Crippen molar-refractivity contribution in [1.82, 2.24) is 10.2 Å². The standard InChI is InChI=1S/C13H26N2O2/c1-13(2,3)14-12(17)9-15(4)8-10-6-5-7-11(10)16/h10-11,16H,5-9H2,1-4H3,(H,14,17). The summed E-state index contributed by atoms with van der Waals surface area (Å²) in [5.41, 5.74) is -0.176. The molecule has 1 rings (SSSR count). The third kappa shape index (κ3) is 5.50. The maximum Gasteiger partial charge on any atom is 0.234 e. The first-order valence-corrected chi connectivity index (χ1v) is 6.45. The van der Waals surface area contributed by atoms with Gasteiger partial charge in [0.15, 0.2) is 0 Å². The van der Waals surface area contributed by atoms with Crippen molar-refractivity contribution >= 4 is 5.91 Å². The molecule has 0 aliphatic heterocycles. The summed E-state index contributed by atoms with van der Waals surface area (Å²) >= 11 is 0. The smallest absolute Gasteiger partial charge is 0.234 e. The number of aliphatic hydroxyl groups is 1. The lowest BCUT2D eigenvalue weighted by Crippen LogP contribution is -2.46. The zero-order valence-corrected chi connectivity index (χ0v) is 11.5. The lowest BCUT2D eigenvalue weighted by atomic mass is 10.1. The van der Waals surface area contributed by atoms with Gasteiger partial charge in [0, 0.05) is 12.1 Å². The summed E-state index contributed by atoms with van der Waals surface area (Å²) in [6, 6.07) is 0. The van der Waals surface area contributed by atoms with Crippen molar-refractivity contribution in [2.24, 2.45) is 5.92 Å². The normalized spacial score (nSPS) is 25.3. The zero-order valence-electron chi connectivity index (χ0n) is 11.5. The number of nitrogens with zero attached hydrogens (tertiary/aromatic N) is 1. The van der Waals surface area contributed by atoms with Crippen LogP contribution in [0.4, 0.5) is 0 Å². The molecule has 0 aromatic rings. The van der Waals surface area contributed by atoms with E-state index in [9.17, 15) is 9.90 Å². The largest absolute Gasteiger partial charge is 0.393 e. The molecule has 4 heteroatoms. The fraction of sp³-hybridized carbons (Fsp3) is 0.923. The maximum atomic E-state index is 11.7. The van der Waals surface area contributed by atoms with Crippen LogP contribution in [0, 0.1) is 5.92 Å². The van der Waals surface area contributed by atoms with Gasteiger partial charge in [0.1, 0.15) is 0 Å². The Morgan fingerprint density at radius 1 is 1.41 bits per heavy atom. The van der Waals surface area contributed by atoms with Crippen molar-refractivity contribution in [2.45, 2.75) is 51.7 Å². The molecule has 0 aromatic carbocycles. The Labute approximate surface area is 104 Å². The molecule has 0 spiro atoms. The van der Waals surface area contributed by atoms with E-state index in [1.165, 1.54) is 0 Å². The predicted molar refractivity (Wildman–Crippen MR) is 68.7 cm³/mol. The summed E-state index contributed by atoms with van der Waals surface area (Å²) in [6.45, 7) is 7.14. The number of hydrogen-bond acceptors (Lipinski definition) is 3. The molecule has 1 saturated carbocycles. The number of carbonyl (C=O) groups is 1. The van der Waals surface area contributed by atoms with Gasteiger partial charge in [0.2, 0.25) is 5.91 Å². The lowest BCUT2D eigenvalue weighted by Gasteiger charge is -2.25. The van der Waals surface area contributed by atoms with Gasteiger partial charge in [-0.3, -0.25) is 9.69 Å². The summed E-state index contributed by atoms with van der Waals surface area (Å²) in [5.74, 6) is 0.384. The molecule has 1 fully saturated rings. The first-order chi connectivity index (χ1) is 7.78. The Hall–Kier alpha value is -0.610. The van der Waals surface area contributed by atoms with E-state index < -0.39 is 0 Å². The average Bonchev–Trinajstić information content (AvgIpc) is 2.47. The van der Waals surface area contributed by atoms with Crippen LogP contribution in [0.25, 0.3) is 0 Å². The van der Waals surface area contributed by atoms with Crippen molar-refractivity contribution in [2.75, 3.05) is 20.1 Å². The molecule has 2 unspecified atom stereocenters. The van der Waals surface area contributed by atoms with Gasteiger partial charge in [0.05, 0.1) is 12.6 Å². The molecular weight excluding hydrogens is 216 g/mol. The van der Waals surface area contributed by atoms with Crippen molar-refractivity contribution < 1.29 is 9.90 Å². The van der Waals surface area contributed by atoms with E-state index in [0.717, 1.165) is 25.8 Å². The summed E-state index contributed by atoms with van der Waals surface area (Å²) in [4.78, 5) is 13.7. The molecule has 1 aliphatic rings. The van der Waals surface area contributed by atoms with Gasteiger partial charge >= 0.3 is 0 Å². The highest BCUT2D eigenvalue weighted by Gasteiger charge is 2.26. The third-order valence-corrected chi connectivity index (χ3v) is 3.09. The van der Waals surface area contributed by atoms with Gasteiger partial charge < -0.3 is 10.4 Å². The van der Waals surface area contributed by atoms with Gasteiger partial charge in [0.25, 0.3) is 0 Å². The van der Waals surface area contributed by atoms with Crippen LogP contribution in [0.2, 0.25) is 0 Å². The minimum Gasteiger partial charge on any atom is -0.393 e.